The third-order valence-electron chi connectivity index (χ3n) is 2.24. The van der Waals surface area contributed by atoms with Crippen LogP contribution in [0.25, 0.3) is 11.5 Å². The van der Waals surface area contributed by atoms with E-state index >= 15 is 0 Å². The maximum Gasteiger partial charge on any atom is 0.240 e. The molecule has 0 bridgehead atoms. The van der Waals surface area contributed by atoms with Crippen LogP contribution in [0, 0.1) is 5.92 Å². The molecule has 0 saturated heterocycles. The molecule has 1 N–H and O–H groups in total. The second-order valence-corrected chi connectivity index (χ2v) is 4.41. The van der Waals surface area contributed by atoms with E-state index in [0.29, 0.717) is 24.2 Å². The number of aryl methyl sites for hydroxylation is 1. The summed E-state index contributed by atoms with van der Waals surface area (Å²) in [6.07, 6.45) is 1.85. The van der Waals surface area contributed by atoms with Crippen molar-refractivity contribution in [1.29, 1.82) is 0 Å². The van der Waals surface area contributed by atoms with Crippen molar-refractivity contribution in [1.82, 2.24) is 25.2 Å². The largest absolute Gasteiger partial charge is 0.337 e. The van der Waals surface area contributed by atoms with Crippen LogP contribution in [-0.4, -0.2) is 26.5 Å². The van der Waals surface area contributed by atoms with Crippen LogP contribution in [0.5, 0.6) is 0 Å². The van der Waals surface area contributed by atoms with E-state index in [1.165, 1.54) is 0 Å². The second kappa shape index (κ2) is 5.09. The zero-order valence-electron chi connectivity index (χ0n) is 10.3. The fourth-order valence-corrected chi connectivity index (χ4v) is 1.43. The highest BCUT2D eigenvalue weighted by atomic mass is 16.5. The Labute approximate surface area is 100 Å². The summed E-state index contributed by atoms with van der Waals surface area (Å²) in [5, 5.41) is 11.4. The van der Waals surface area contributed by atoms with Crippen molar-refractivity contribution < 1.29 is 4.52 Å². The van der Waals surface area contributed by atoms with Crippen LogP contribution in [0.2, 0.25) is 0 Å². The molecule has 0 unspecified atom stereocenters. The Morgan fingerprint density at radius 1 is 1.47 bits per heavy atom. The Bertz CT molecular complexity index is 474. The zero-order valence-corrected chi connectivity index (χ0v) is 10.3. The minimum atomic E-state index is 0.534. The predicted octanol–water partition coefficient (Wildman–Crippen LogP) is 1.22. The lowest BCUT2D eigenvalue weighted by Gasteiger charge is -2.03. The van der Waals surface area contributed by atoms with Crippen LogP contribution < -0.4 is 5.32 Å². The van der Waals surface area contributed by atoms with Crippen LogP contribution in [-0.2, 0) is 13.6 Å². The molecule has 92 valence electrons. The van der Waals surface area contributed by atoms with Gasteiger partial charge in [0, 0.05) is 13.2 Å². The first-order chi connectivity index (χ1) is 8.15. The Hall–Kier alpha value is -1.69. The van der Waals surface area contributed by atoms with Crippen molar-refractivity contribution >= 4 is 0 Å². The Kier molecular flexibility index (Phi) is 3.53. The van der Waals surface area contributed by atoms with Gasteiger partial charge in [-0.1, -0.05) is 19.0 Å². The van der Waals surface area contributed by atoms with Gasteiger partial charge in [0.05, 0.1) is 6.54 Å². The molecule has 2 rings (SSSR count). The molecular formula is C11H17N5O. The summed E-state index contributed by atoms with van der Waals surface area (Å²) in [5.41, 5.74) is 0.728. The van der Waals surface area contributed by atoms with Gasteiger partial charge in [-0.25, -0.2) is 0 Å². The average Bonchev–Trinajstić information content (AvgIpc) is 2.86. The number of aromatic nitrogens is 4. The highest BCUT2D eigenvalue weighted by Crippen LogP contribution is 2.12. The number of rotatable bonds is 5. The summed E-state index contributed by atoms with van der Waals surface area (Å²) in [4.78, 5) is 4.27. The van der Waals surface area contributed by atoms with Crippen molar-refractivity contribution in [2.24, 2.45) is 13.0 Å². The smallest absolute Gasteiger partial charge is 0.240 e. The van der Waals surface area contributed by atoms with Gasteiger partial charge in [-0.3, -0.25) is 4.68 Å². The molecule has 0 fully saturated rings. The quantitative estimate of drug-likeness (QED) is 0.843. The molecular weight excluding hydrogens is 218 g/mol. The highest BCUT2D eigenvalue weighted by Gasteiger charge is 2.10. The van der Waals surface area contributed by atoms with Crippen molar-refractivity contribution in [3.8, 4) is 11.5 Å². The van der Waals surface area contributed by atoms with E-state index in [4.69, 9.17) is 4.52 Å². The van der Waals surface area contributed by atoms with Gasteiger partial charge in [0.1, 0.15) is 5.69 Å². The summed E-state index contributed by atoms with van der Waals surface area (Å²) < 4.78 is 6.85. The summed E-state index contributed by atoms with van der Waals surface area (Å²) >= 11 is 0. The van der Waals surface area contributed by atoms with Crippen LogP contribution in [0.15, 0.2) is 16.8 Å². The lowest BCUT2D eigenvalue weighted by Crippen LogP contribution is -2.19. The van der Waals surface area contributed by atoms with E-state index < -0.39 is 0 Å². The van der Waals surface area contributed by atoms with Crippen LogP contribution in [0.3, 0.4) is 0 Å². The fraction of sp³-hybridized carbons (Fsp3) is 0.545. The van der Waals surface area contributed by atoms with Gasteiger partial charge >= 0.3 is 0 Å². The molecule has 0 aliphatic rings. The predicted molar refractivity (Wildman–Crippen MR) is 63.0 cm³/mol. The van der Waals surface area contributed by atoms with E-state index in [-0.39, 0.29) is 0 Å². The van der Waals surface area contributed by atoms with E-state index in [0.717, 1.165) is 12.2 Å². The highest BCUT2D eigenvalue weighted by molar-refractivity contribution is 5.46. The molecule has 2 heterocycles. The lowest BCUT2D eigenvalue weighted by molar-refractivity contribution is 0.364. The Morgan fingerprint density at radius 3 is 2.94 bits per heavy atom. The van der Waals surface area contributed by atoms with Gasteiger partial charge in [0.15, 0.2) is 0 Å². The first kappa shape index (κ1) is 11.8. The molecule has 2 aromatic heterocycles. The maximum atomic E-state index is 5.14. The van der Waals surface area contributed by atoms with E-state index in [9.17, 15) is 0 Å². The molecule has 0 aromatic carbocycles. The molecule has 0 spiro atoms. The third-order valence-corrected chi connectivity index (χ3v) is 2.24. The molecule has 0 saturated carbocycles. The van der Waals surface area contributed by atoms with E-state index in [1.54, 1.807) is 4.68 Å². The van der Waals surface area contributed by atoms with Gasteiger partial charge < -0.3 is 9.84 Å². The number of hydrogen-bond donors (Lipinski definition) is 1. The van der Waals surface area contributed by atoms with Crippen molar-refractivity contribution in [2.45, 2.75) is 20.4 Å². The van der Waals surface area contributed by atoms with Crippen molar-refractivity contribution in [3.05, 3.63) is 18.2 Å². The van der Waals surface area contributed by atoms with Crippen molar-refractivity contribution in [2.75, 3.05) is 6.54 Å². The minimum Gasteiger partial charge on any atom is -0.337 e. The lowest BCUT2D eigenvalue weighted by atomic mass is 10.2. The number of hydrogen-bond acceptors (Lipinski definition) is 5. The van der Waals surface area contributed by atoms with Gasteiger partial charge in [-0.05, 0) is 18.5 Å². The molecule has 0 amide bonds. The standard InChI is InChI=1S/C11H17N5O/c1-8(2)6-12-7-10-13-11(15-17-10)9-4-5-16(3)14-9/h4-5,8,12H,6-7H2,1-3H3. The Morgan fingerprint density at radius 2 is 2.29 bits per heavy atom. The molecule has 2 aromatic rings. The van der Waals surface area contributed by atoms with Crippen LogP contribution in [0.1, 0.15) is 19.7 Å². The van der Waals surface area contributed by atoms with Gasteiger partial charge in [0.2, 0.25) is 11.7 Å². The summed E-state index contributed by atoms with van der Waals surface area (Å²) in [5.74, 6) is 1.73. The normalized spacial score (nSPS) is 11.3. The topological polar surface area (TPSA) is 68.8 Å². The number of nitrogens with zero attached hydrogens (tertiary/aromatic N) is 4. The van der Waals surface area contributed by atoms with Gasteiger partial charge in [-0.15, -0.1) is 0 Å². The zero-order chi connectivity index (χ0) is 12.3. The van der Waals surface area contributed by atoms with Crippen molar-refractivity contribution in [3.63, 3.8) is 0 Å². The summed E-state index contributed by atoms with van der Waals surface area (Å²) in [6, 6.07) is 1.86. The molecule has 17 heavy (non-hydrogen) atoms. The second-order valence-electron chi connectivity index (χ2n) is 4.41. The molecule has 0 aliphatic heterocycles. The average molecular weight is 235 g/mol. The fourth-order valence-electron chi connectivity index (χ4n) is 1.43. The molecule has 0 radical (unpaired) electrons. The van der Waals surface area contributed by atoms with Crippen LogP contribution >= 0.6 is 0 Å². The first-order valence-electron chi connectivity index (χ1n) is 5.68. The van der Waals surface area contributed by atoms with Crippen LogP contribution in [0.4, 0.5) is 0 Å². The van der Waals surface area contributed by atoms with E-state index in [2.05, 4.69) is 34.4 Å². The van der Waals surface area contributed by atoms with E-state index in [1.807, 2.05) is 19.3 Å². The van der Waals surface area contributed by atoms with Gasteiger partial charge in [0.25, 0.3) is 0 Å². The Balaban J connectivity index is 1.96. The SMILES string of the molecule is CC(C)CNCc1nc(-c2ccn(C)n2)no1. The molecule has 0 atom stereocenters. The molecule has 6 heteroatoms. The molecule has 0 aliphatic carbocycles. The molecule has 6 nitrogen and oxygen atoms in total. The monoisotopic (exact) mass is 235 g/mol. The number of nitrogens with one attached hydrogen (secondary N) is 1. The third kappa shape index (κ3) is 3.13. The summed E-state index contributed by atoms with van der Waals surface area (Å²) in [6.45, 7) is 5.83. The first-order valence-corrected chi connectivity index (χ1v) is 5.68. The van der Waals surface area contributed by atoms with Gasteiger partial charge in [-0.2, -0.15) is 10.1 Å². The summed E-state index contributed by atoms with van der Waals surface area (Å²) in [7, 11) is 1.86. The minimum absolute atomic E-state index is 0.534. The maximum absolute atomic E-state index is 5.14.